The Bertz CT molecular complexity index is 988. The fraction of sp³-hybridized carbons (Fsp3) is 0.263. The van der Waals surface area contributed by atoms with E-state index in [4.69, 9.17) is 23.2 Å². The van der Waals surface area contributed by atoms with Gasteiger partial charge in [0.2, 0.25) is 15.9 Å². The van der Waals surface area contributed by atoms with E-state index in [1.807, 2.05) is 0 Å². The third-order valence-electron chi connectivity index (χ3n) is 4.15. The van der Waals surface area contributed by atoms with Crippen molar-refractivity contribution < 1.29 is 18.0 Å². The summed E-state index contributed by atoms with van der Waals surface area (Å²) in [6.45, 7) is 4.10. The van der Waals surface area contributed by atoms with Gasteiger partial charge in [-0.05, 0) is 35.9 Å². The van der Waals surface area contributed by atoms with Gasteiger partial charge < -0.3 is 0 Å². The Morgan fingerprint density at radius 1 is 0.966 bits per heavy atom. The Balaban J connectivity index is 2.07. The number of halogens is 2. The van der Waals surface area contributed by atoms with Crippen LogP contribution in [-0.4, -0.2) is 37.6 Å². The lowest BCUT2D eigenvalue weighted by atomic mass is 10.1. The molecule has 0 atom stereocenters. The number of benzene rings is 2. The van der Waals surface area contributed by atoms with Crippen molar-refractivity contribution in [2.24, 2.45) is 0 Å². The summed E-state index contributed by atoms with van der Waals surface area (Å²) in [5.41, 5.74) is 5.06. The van der Waals surface area contributed by atoms with E-state index >= 15 is 0 Å². The van der Waals surface area contributed by atoms with Crippen LogP contribution in [0.15, 0.2) is 47.4 Å². The molecular formula is C19H21Cl2N3O4S. The summed E-state index contributed by atoms with van der Waals surface area (Å²) < 4.78 is 26.5. The van der Waals surface area contributed by atoms with Crippen molar-refractivity contribution >= 4 is 45.0 Å². The van der Waals surface area contributed by atoms with Crippen molar-refractivity contribution in [1.82, 2.24) is 15.2 Å². The highest BCUT2D eigenvalue weighted by Gasteiger charge is 2.22. The van der Waals surface area contributed by atoms with Gasteiger partial charge in [-0.2, -0.15) is 4.31 Å². The maximum atomic E-state index is 12.6. The molecule has 2 amide bonds. The quantitative estimate of drug-likeness (QED) is 0.624. The Morgan fingerprint density at radius 2 is 1.55 bits per heavy atom. The maximum Gasteiger partial charge on any atom is 0.269 e. The molecule has 2 N–H and O–H groups in total. The van der Waals surface area contributed by atoms with Gasteiger partial charge in [0.05, 0.1) is 11.3 Å². The fourth-order valence-corrected chi connectivity index (χ4v) is 4.65. The number of rotatable bonds is 7. The first-order valence-corrected chi connectivity index (χ1v) is 11.0. The number of hydrazine groups is 1. The maximum absolute atomic E-state index is 12.6. The van der Waals surface area contributed by atoms with Gasteiger partial charge in [-0.1, -0.05) is 49.2 Å². The summed E-state index contributed by atoms with van der Waals surface area (Å²) in [5, 5.41) is 0.682. The first-order chi connectivity index (χ1) is 13.7. The average Bonchev–Trinajstić information content (AvgIpc) is 2.70. The molecule has 7 nitrogen and oxygen atoms in total. The molecule has 0 radical (unpaired) electrons. The van der Waals surface area contributed by atoms with Crippen LogP contribution in [0.1, 0.15) is 29.8 Å². The van der Waals surface area contributed by atoms with Crippen molar-refractivity contribution in [1.29, 1.82) is 0 Å². The zero-order valence-corrected chi connectivity index (χ0v) is 18.2. The topological polar surface area (TPSA) is 95.6 Å². The lowest BCUT2D eigenvalue weighted by Gasteiger charge is -2.18. The molecule has 0 aromatic heterocycles. The van der Waals surface area contributed by atoms with E-state index < -0.39 is 21.8 Å². The minimum atomic E-state index is -3.70. The van der Waals surface area contributed by atoms with Crippen LogP contribution in [0.5, 0.6) is 0 Å². The predicted octanol–water partition coefficient (Wildman–Crippen LogP) is 3.03. The average molecular weight is 458 g/mol. The first kappa shape index (κ1) is 23.2. The standard InChI is InChI=1S/C19H21Cl2N3O4S/c1-3-24(4-2)29(27,28)14-8-5-7-13(11-14)19(26)23-22-18(25)12-15-16(20)9-6-10-17(15)21/h5-11H,3-4,12H2,1-2H3,(H,22,25)(H,23,26). The summed E-state index contributed by atoms with van der Waals surface area (Å²) >= 11 is 12.1. The highest BCUT2D eigenvalue weighted by Crippen LogP contribution is 2.24. The second kappa shape index (κ2) is 10.1. The van der Waals surface area contributed by atoms with E-state index in [0.29, 0.717) is 28.7 Å². The first-order valence-electron chi connectivity index (χ1n) is 8.83. The molecule has 0 spiro atoms. The van der Waals surface area contributed by atoms with Gasteiger partial charge in [0.25, 0.3) is 5.91 Å². The number of nitrogens with zero attached hydrogens (tertiary/aromatic N) is 1. The summed E-state index contributed by atoms with van der Waals surface area (Å²) in [4.78, 5) is 24.4. The van der Waals surface area contributed by atoms with Gasteiger partial charge in [0, 0.05) is 28.7 Å². The number of hydrogen-bond donors (Lipinski definition) is 2. The Kier molecular flexibility index (Phi) is 8.04. The lowest BCUT2D eigenvalue weighted by Crippen LogP contribution is -2.42. The molecule has 0 fully saturated rings. The number of hydrogen-bond acceptors (Lipinski definition) is 4. The molecule has 0 saturated heterocycles. The summed E-state index contributed by atoms with van der Waals surface area (Å²) in [7, 11) is -3.70. The Labute approximate surface area is 180 Å². The van der Waals surface area contributed by atoms with Crippen LogP contribution in [0.3, 0.4) is 0 Å². The second-order valence-corrected chi connectivity index (χ2v) is 8.75. The number of nitrogens with one attached hydrogen (secondary N) is 2. The molecule has 0 aliphatic carbocycles. The zero-order chi connectivity index (χ0) is 21.6. The minimum absolute atomic E-state index is 0.00280. The molecule has 156 valence electrons. The highest BCUT2D eigenvalue weighted by atomic mass is 35.5. The fourth-order valence-electron chi connectivity index (χ4n) is 2.61. The number of carbonyl (C=O) groups excluding carboxylic acids is 2. The number of carbonyl (C=O) groups is 2. The highest BCUT2D eigenvalue weighted by molar-refractivity contribution is 7.89. The molecule has 2 aromatic carbocycles. The van der Waals surface area contributed by atoms with Gasteiger partial charge in [-0.3, -0.25) is 20.4 Å². The molecule has 2 rings (SSSR count). The minimum Gasteiger partial charge on any atom is -0.273 e. The van der Waals surface area contributed by atoms with Crippen LogP contribution in [0.4, 0.5) is 0 Å². The molecule has 0 unspecified atom stereocenters. The Morgan fingerprint density at radius 3 is 2.14 bits per heavy atom. The van der Waals surface area contributed by atoms with Gasteiger partial charge in [-0.15, -0.1) is 0 Å². The second-order valence-electron chi connectivity index (χ2n) is 6.00. The van der Waals surface area contributed by atoms with Crippen molar-refractivity contribution in [2.45, 2.75) is 25.2 Å². The largest absolute Gasteiger partial charge is 0.273 e. The van der Waals surface area contributed by atoms with Crippen molar-refractivity contribution in [3.63, 3.8) is 0 Å². The Hall–Kier alpha value is -2.13. The van der Waals surface area contributed by atoms with E-state index in [0.717, 1.165) is 0 Å². The predicted molar refractivity (Wildman–Crippen MR) is 112 cm³/mol. The van der Waals surface area contributed by atoms with Crippen molar-refractivity contribution in [3.05, 3.63) is 63.6 Å². The SMILES string of the molecule is CCN(CC)S(=O)(=O)c1cccc(C(=O)NNC(=O)Cc2c(Cl)cccc2Cl)c1. The van der Waals surface area contributed by atoms with E-state index in [-0.39, 0.29) is 16.9 Å². The van der Waals surface area contributed by atoms with Gasteiger partial charge in [-0.25, -0.2) is 8.42 Å². The molecule has 2 aromatic rings. The van der Waals surface area contributed by atoms with E-state index in [1.54, 1.807) is 32.0 Å². The van der Waals surface area contributed by atoms with Gasteiger partial charge in [0.15, 0.2) is 0 Å². The zero-order valence-electron chi connectivity index (χ0n) is 15.9. The third-order valence-corrected chi connectivity index (χ3v) is 6.91. The van der Waals surface area contributed by atoms with Crippen LogP contribution >= 0.6 is 23.2 Å². The van der Waals surface area contributed by atoms with Crippen LogP contribution < -0.4 is 10.9 Å². The van der Waals surface area contributed by atoms with E-state index in [1.165, 1.54) is 28.6 Å². The normalized spacial score (nSPS) is 11.3. The molecule has 0 saturated carbocycles. The van der Waals surface area contributed by atoms with Crippen LogP contribution in [0.25, 0.3) is 0 Å². The third kappa shape index (κ3) is 5.70. The molecule has 0 aliphatic heterocycles. The molecule has 29 heavy (non-hydrogen) atoms. The van der Waals surface area contributed by atoms with Gasteiger partial charge >= 0.3 is 0 Å². The molecule has 0 bridgehead atoms. The lowest BCUT2D eigenvalue weighted by molar-refractivity contribution is -0.121. The molecule has 10 heteroatoms. The van der Waals surface area contributed by atoms with Gasteiger partial charge in [0.1, 0.15) is 0 Å². The summed E-state index contributed by atoms with van der Waals surface area (Å²) in [6.07, 6.45) is -0.130. The number of amides is 2. The van der Waals surface area contributed by atoms with E-state index in [2.05, 4.69) is 10.9 Å². The van der Waals surface area contributed by atoms with Crippen molar-refractivity contribution in [2.75, 3.05) is 13.1 Å². The van der Waals surface area contributed by atoms with Crippen molar-refractivity contribution in [3.8, 4) is 0 Å². The van der Waals surface area contributed by atoms with E-state index in [9.17, 15) is 18.0 Å². The molecule has 0 heterocycles. The smallest absolute Gasteiger partial charge is 0.269 e. The van der Waals surface area contributed by atoms with Crippen LogP contribution in [-0.2, 0) is 21.2 Å². The van der Waals surface area contributed by atoms with Crippen LogP contribution in [0.2, 0.25) is 10.0 Å². The molecule has 0 aliphatic rings. The number of sulfonamides is 1. The molecular weight excluding hydrogens is 437 g/mol. The summed E-state index contributed by atoms with van der Waals surface area (Å²) in [5.74, 6) is -1.18. The van der Waals surface area contributed by atoms with Crippen LogP contribution in [0, 0.1) is 0 Å². The monoisotopic (exact) mass is 457 g/mol. The summed E-state index contributed by atoms with van der Waals surface area (Å²) in [6, 6.07) is 10.5.